The van der Waals surface area contributed by atoms with E-state index >= 15 is 0 Å². The Balaban J connectivity index is 1.58. The molecule has 1 fully saturated rings. The molecule has 0 spiro atoms. The molecule has 1 aliphatic rings. The number of aryl methyl sites for hydroxylation is 2. The van der Waals surface area contributed by atoms with Gasteiger partial charge in [-0.1, -0.05) is 24.6 Å². The first-order chi connectivity index (χ1) is 12.1. The summed E-state index contributed by atoms with van der Waals surface area (Å²) in [6.45, 7) is 8.01. The van der Waals surface area contributed by atoms with Crippen LogP contribution in [0.4, 0.5) is 11.5 Å². The number of fused-ring (bicyclic) bond motifs is 1. The lowest BCUT2D eigenvalue weighted by molar-refractivity contribution is 0.648. The molecule has 0 amide bonds. The smallest absolute Gasteiger partial charge is 0.141 e. The van der Waals surface area contributed by atoms with Crippen molar-refractivity contribution in [2.45, 2.75) is 20.3 Å². The molecule has 0 aliphatic carbocycles. The van der Waals surface area contributed by atoms with Crippen molar-refractivity contribution in [3.8, 4) is 0 Å². The van der Waals surface area contributed by atoms with Crippen LogP contribution in [-0.4, -0.2) is 36.1 Å². The second-order valence-electron chi connectivity index (χ2n) is 6.33. The van der Waals surface area contributed by atoms with E-state index in [2.05, 4.69) is 33.8 Å². The van der Waals surface area contributed by atoms with Crippen molar-refractivity contribution in [2.24, 2.45) is 0 Å². The Bertz CT molecular complexity index is 900. The Kier molecular flexibility index (Phi) is 4.52. The third-order valence-electron chi connectivity index (χ3n) is 4.64. The average Bonchev–Trinajstić information content (AvgIpc) is 3.04. The summed E-state index contributed by atoms with van der Waals surface area (Å²) in [7, 11) is 0. The molecule has 1 saturated heterocycles. The van der Waals surface area contributed by atoms with Gasteiger partial charge in [0.1, 0.15) is 16.5 Å². The molecule has 2 aromatic heterocycles. The van der Waals surface area contributed by atoms with Crippen LogP contribution in [0.3, 0.4) is 0 Å². The van der Waals surface area contributed by atoms with Crippen molar-refractivity contribution in [2.75, 3.05) is 36.0 Å². The van der Waals surface area contributed by atoms with E-state index in [0.717, 1.165) is 54.1 Å². The summed E-state index contributed by atoms with van der Waals surface area (Å²) < 4.78 is 0. The zero-order chi connectivity index (χ0) is 17.4. The molecule has 0 radical (unpaired) electrons. The molecule has 1 aromatic carbocycles. The Labute approximate surface area is 157 Å². The number of hydrogen-bond donors (Lipinski definition) is 0. The van der Waals surface area contributed by atoms with Gasteiger partial charge in [0.05, 0.1) is 5.39 Å². The maximum atomic E-state index is 6.13. The lowest BCUT2D eigenvalue weighted by Gasteiger charge is -2.37. The maximum Gasteiger partial charge on any atom is 0.141 e. The van der Waals surface area contributed by atoms with Crippen LogP contribution in [0.2, 0.25) is 5.02 Å². The molecule has 0 unspecified atom stereocenters. The first-order valence-corrected chi connectivity index (χ1v) is 9.86. The molecule has 1 aliphatic heterocycles. The van der Waals surface area contributed by atoms with Crippen LogP contribution >= 0.6 is 22.9 Å². The standard InChI is InChI=1S/C19H21ClN4S/c1-3-16-12-17-18(21-13(2)22-19(17)25-16)24-9-7-23(8-10-24)15-6-4-5-14(20)11-15/h4-6,11-12H,3,7-10H2,1-2H3. The van der Waals surface area contributed by atoms with Gasteiger partial charge in [-0.3, -0.25) is 0 Å². The van der Waals surface area contributed by atoms with E-state index in [1.54, 1.807) is 11.3 Å². The minimum atomic E-state index is 0.790. The van der Waals surface area contributed by atoms with Gasteiger partial charge in [-0.25, -0.2) is 9.97 Å². The zero-order valence-corrected chi connectivity index (χ0v) is 16.1. The van der Waals surface area contributed by atoms with E-state index in [-0.39, 0.29) is 0 Å². The number of anilines is 2. The van der Waals surface area contributed by atoms with E-state index < -0.39 is 0 Å². The highest BCUT2D eigenvalue weighted by Gasteiger charge is 2.21. The number of hydrogen-bond acceptors (Lipinski definition) is 5. The summed E-state index contributed by atoms with van der Waals surface area (Å²) in [6.07, 6.45) is 1.04. The number of aromatic nitrogens is 2. The van der Waals surface area contributed by atoms with Gasteiger partial charge in [0, 0.05) is 41.8 Å². The molecular formula is C19H21ClN4S. The fourth-order valence-corrected chi connectivity index (χ4v) is 4.52. The first kappa shape index (κ1) is 16.6. The predicted octanol–water partition coefficient (Wildman–Crippen LogP) is 4.54. The molecule has 3 aromatic rings. The van der Waals surface area contributed by atoms with Gasteiger partial charge in [-0.05, 0) is 37.6 Å². The van der Waals surface area contributed by atoms with Crippen molar-refractivity contribution >= 4 is 44.7 Å². The van der Waals surface area contributed by atoms with E-state index in [1.165, 1.54) is 16.0 Å². The third kappa shape index (κ3) is 3.31. The van der Waals surface area contributed by atoms with Crippen LogP contribution < -0.4 is 9.80 Å². The molecule has 0 saturated carbocycles. The second kappa shape index (κ2) is 6.81. The average molecular weight is 373 g/mol. The van der Waals surface area contributed by atoms with Gasteiger partial charge in [-0.2, -0.15) is 0 Å². The maximum absolute atomic E-state index is 6.13. The van der Waals surface area contributed by atoms with Crippen LogP contribution in [0.15, 0.2) is 30.3 Å². The fourth-order valence-electron chi connectivity index (χ4n) is 3.32. The Morgan fingerprint density at radius 3 is 2.56 bits per heavy atom. The predicted molar refractivity (Wildman–Crippen MR) is 107 cm³/mol. The molecule has 0 bridgehead atoms. The molecular weight excluding hydrogens is 352 g/mol. The van der Waals surface area contributed by atoms with E-state index in [9.17, 15) is 0 Å². The van der Waals surface area contributed by atoms with Crippen molar-refractivity contribution < 1.29 is 0 Å². The summed E-state index contributed by atoms with van der Waals surface area (Å²) in [5.41, 5.74) is 1.19. The molecule has 6 heteroatoms. The van der Waals surface area contributed by atoms with Crippen LogP contribution in [0.5, 0.6) is 0 Å². The highest BCUT2D eigenvalue weighted by molar-refractivity contribution is 7.18. The van der Waals surface area contributed by atoms with Gasteiger partial charge in [-0.15, -0.1) is 11.3 Å². The molecule has 25 heavy (non-hydrogen) atoms. The van der Waals surface area contributed by atoms with Gasteiger partial charge < -0.3 is 9.80 Å². The number of nitrogens with zero attached hydrogens (tertiary/aromatic N) is 4. The molecule has 130 valence electrons. The first-order valence-electron chi connectivity index (χ1n) is 8.66. The van der Waals surface area contributed by atoms with Crippen molar-refractivity contribution in [1.82, 2.24) is 9.97 Å². The van der Waals surface area contributed by atoms with Crippen LogP contribution in [0.25, 0.3) is 10.2 Å². The summed E-state index contributed by atoms with van der Waals surface area (Å²) in [5, 5.41) is 1.99. The number of rotatable bonds is 3. The molecule has 3 heterocycles. The zero-order valence-electron chi connectivity index (χ0n) is 14.5. The van der Waals surface area contributed by atoms with Gasteiger partial charge in [0.25, 0.3) is 0 Å². The fraction of sp³-hybridized carbons (Fsp3) is 0.368. The van der Waals surface area contributed by atoms with Crippen LogP contribution in [0.1, 0.15) is 17.6 Å². The number of halogens is 1. The molecule has 4 rings (SSSR count). The van der Waals surface area contributed by atoms with Gasteiger partial charge in [0.15, 0.2) is 0 Å². The Hall–Kier alpha value is -1.85. The third-order valence-corrected chi connectivity index (χ3v) is 6.04. The number of piperazine rings is 1. The minimum Gasteiger partial charge on any atom is -0.368 e. The van der Waals surface area contributed by atoms with Crippen LogP contribution in [-0.2, 0) is 6.42 Å². The number of benzene rings is 1. The monoisotopic (exact) mass is 372 g/mol. The normalized spacial score (nSPS) is 15.2. The Morgan fingerprint density at radius 1 is 1.08 bits per heavy atom. The lowest BCUT2D eigenvalue weighted by atomic mass is 10.2. The summed E-state index contributed by atoms with van der Waals surface area (Å²) in [4.78, 5) is 16.7. The van der Waals surface area contributed by atoms with E-state index in [4.69, 9.17) is 16.6 Å². The molecule has 4 nitrogen and oxygen atoms in total. The second-order valence-corrected chi connectivity index (χ2v) is 7.89. The summed E-state index contributed by atoms with van der Waals surface area (Å²) in [5.74, 6) is 1.94. The molecule has 0 N–H and O–H groups in total. The SMILES string of the molecule is CCc1cc2c(N3CCN(c4cccc(Cl)c4)CC3)nc(C)nc2s1. The quantitative estimate of drug-likeness (QED) is 0.675. The van der Waals surface area contributed by atoms with Crippen molar-refractivity contribution in [3.05, 3.63) is 46.1 Å². The summed E-state index contributed by atoms with van der Waals surface area (Å²) in [6, 6.07) is 10.4. The van der Waals surface area contributed by atoms with E-state index in [0.29, 0.717) is 0 Å². The van der Waals surface area contributed by atoms with Gasteiger partial charge >= 0.3 is 0 Å². The lowest BCUT2D eigenvalue weighted by Crippen LogP contribution is -2.47. The number of thiophene rings is 1. The highest BCUT2D eigenvalue weighted by Crippen LogP contribution is 2.32. The van der Waals surface area contributed by atoms with E-state index in [1.807, 2.05) is 25.1 Å². The molecule has 0 atom stereocenters. The van der Waals surface area contributed by atoms with Gasteiger partial charge in [0.2, 0.25) is 0 Å². The summed E-state index contributed by atoms with van der Waals surface area (Å²) >= 11 is 7.92. The highest BCUT2D eigenvalue weighted by atomic mass is 35.5. The topological polar surface area (TPSA) is 32.3 Å². The van der Waals surface area contributed by atoms with Crippen LogP contribution in [0, 0.1) is 6.92 Å². The largest absolute Gasteiger partial charge is 0.368 e. The van der Waals surface area contributed by atoms with Crippen molar-refractivity contribution in [3.63, 3.8) is 0 Å². The Morgan fingerprint density at radius 2 is 1.84 bits per heavy atom. The minimum absolute atomic E-state index is 0.790. The van der Waals surface area contributed by atoms with Crippen molar-refractivity contribution in [1.29, 1.82) is 0 Å².